The maximum Gasteiger partial charge on any atom is 0.263 e. The van der Waals surface area contributed by atoms with Gasteiger partial charge in [0.1, 0.15) is 6.07 Å². The fourth-order valence-electron chi connectivity index (χ4n) is 4.66. The van der Waals surface area contributed by atoms with E-state index in [9.17, 15) is 24.4 Å². The fraction of sp³-hybridized carbons (Fsp3) is 0.440. The van der Waals surface area contributed by atoms with Gasteiger partial charge in [-0.15, -0.1) is 6.58 Å². The predicted octanol–water partition coefficient (Wildman–Crippen LogP) is 3.45. The molecule has 0 aliphatic heterocycles. The number of benzene rings is 1. The van der Waals surface area contributed by atoms with Crippen LogP contribution in [0.25, 0.3) is 21.5 Å². The van der Waals surface area contributed by atoms with Crippen LogP contribution in [-0.4, -0.2) is 15.3 Å². The Labute approximate surface area is 190 Å². The lowest BCUT2D eigenvalue weighted by atomic mass is 9.98. The summed E-state index contributed by atoms with van der Waals surface area (Å²) < 4.78 is 2.12. The first-order valence-corrected chi connectivity index (χ1v) is 11.3. The summed E-state index contributed by atoms with van der Waals surface area (Å²) >= 11 is 0. The van der Waals surface area contributed by atoms with Gasteiger partial charge in [-0.25, -0.2) is 0 Å². The van der Waals surface area contributed by atoms with Crippen molar-refractivity contribution in [2.75, 3.05) is 0 Å². The molecule has 2 heterocycles. The standard InChI is InChI=1S/C25H28N4O4/c1-5-8-10-14(4)28-22(30)18-16(12-26)20-21(17(13-27)19(18)23(28)31)25(33)29(24(20)32)15(7-3)11-9-6-2/h7,12,14-15,26H,3,5-6,8-11H2,1-2,4H3/t14-,15-/m1/s1. The number of rotatable bonds is 10. The molecule has 0 saturated heterocycles. The van der Waals surface area contributed by atoms with Crippen LogP contribution in [-0.2, 0) is 0 Å². The third-order valence-electron chi connectivity index (χ3n) is 6.40. The summed E-state index contributed by atoms with van der Waals surface area (Å²) in [5.41, 5.74) is -3.02. The van der Waals surface area contributed by atoms with Gasteiger partial charge in [-0.2, -0.15) is 5.26 Å². The lowest BCUT2D eigenvalue weighted by molar-refractivity contribution is 0.469. The summed E-state index contributed by atoms with van der Waals surface area (Å²) in [4.78, 5) is 53.4. The Hall–Kier alpha value is -3.60. The van der Waals surface area contributed by atoms with Gasteiger partial charge in [0, 0.05) is 17.8 Å². The highest BCUT2D eigenvalue weighted by Crippen LogP contribution is 2.27. The van der Waals surface area contributed by atoms with Gasteiger partial charge >= 0.3 is 0 Å². The van der Waals surface area contributed by atoms with E-state index < -0.39 is 34.3 Å². The molecule has 2 aromatic heterocycles. The van der Waals surface area contributed by atoms with Crippen molar-refractivity contribution in [1.82, 2.24) is 9.13 Å². The third kappa shape index (κ3) is 3.58. The molecule has 0 bridgehead atoms. The minimum atomic E-state index is -0.698. The van der Waals surface area contributed by atoms with Crippen molar-refractivity contribution < 1.29 is 0 Å². The number of fused-ring (bicyclic) bond motifs is 2. The number of unbranched alkanes of at least 4 members (excludes halogenated alkanes) is 2. The first-order valence-electron chi connectivity index (χ1n) is 11.3. The Balaban J connectivity index is 2.54. The lowest BCUT2D eigenvalue weighted by Crippen LogP contribution is -2.30. The maximum absolute atomic E-state index is 13.4. The van der Waals surface area contributed by atoms with Gasteiger partial charge in [0.2, 0.25) is 0 Å². The number of nitriles is 1. The minimum Gasteiger partial charge on any atom is -0.308 e. The average Bonchev–Trinajstić information content (AvgIpc) is 3.22. The van der Waals surface area contributed by atoms with Gasteiger partial charge in [0.25, 0.3) is 22.2 Å². The monoisotopic (exact) mass is 448 g/mol. The molecule has 2 atom stereocenters. The Kier molecular flexibility index (Phi) is 6.92. The first kappa shape index (κ1) is 24.1. The van der Waals surface area contributed by atoms with E-state index in [2.05, 4.69) is 6.58 Å². The van der Waals surface area contributed by atoms with Crippen LogP contribution in [0.4, 0.5) is 0 Å². The number of aromatic nitrogens is 2. The van der Waals surface area contributed by atoms with E-state index in [1.54, 1.807) is 6.92 Å². The van der Waals surface area contributed by atoms with Crippen molar-refractivity contribution in [3.63, 3.8) is 0 Å². The minimum absolute atomic E-state index is 0.0818. The van der Waals surface area contributed by atoms with Crippen LogP contribution in [0.3, 0.4) is 0 Å². The normalized spacial score (nSPS) is 13.3. The molecule has 33 heavy (non-hydrogen) atoms. The number of allylic oxidation sites excluding steroid dienone is 1. The molecule has 0 fully saturated rings. The molecule has 0 radical (unpaired) electrons. The van der Waals surface area contributed by atoms with E-state index in [4.69, 9.17) is 5.41 Å². The summed E-state index contributed by atoms with van der Waals surface area (Å²) in [6.45, 7) is 9.48. The number of hydrogen-bond acceptors (Lipinski definition) is 6. The molecule has 0 saturated carbocycles. The van der Waals surface area contributed by atoms with Gasteiger partial charge < -0.3 is 5.41 Å². The summed E-state index contributed by atoms with van der Waals surface area (Å²) in [6.07, 6.45) is 6.74. The zero-order valence-corrected chi connectivity index (χ0v) is 19.2. The molecule has 3 rings (SSSR count). The molecule has 172 valence electrons. The van der Waals surface area contributed by atoms with Crippen molar-refractivity contribution >= 4 is 27.8 Å². The topological polar surface area (TPSA) is 126 Å². The van der Waals surface area contributed by atoms with E-state index in [-0.39, 0.29) is 32.7 Å². The average molecular weight is 449 g/mol. The second-order valence-electron chi connectivity index (χ2n) is 8.44. The summed E-state index contributed by atoms with van der Waals surface area (Å²) in [6, 6.07) is 0.898. The van der Waals surface area contributed by atoms with Crippen molar-refractivity contribution in [3.05, 3.63) is 65.2 Å². The molecular weight excluding hydrogens is 420 g/mol. The Morgan fingerprint density at radius 2 is 1.39 bits per heavy atom. The zero-order valence-electron chi connectivity index (χ0n) is 19.2. The largest absolute Gasteiger partial charge is 0.308 e. The zero-order chi connectivity index (χ0) is 24.4. The molecule has 0 unspecified atom stereocenters. The Bertz CT molecular complexity index is 1490. The molecule has 8 heteroatoms. The quantitative estimate of drug-likeness (QED) is 0.375. The van der Waals surface area contributed by atoms with Crippen LogP contribution in [0.2, 0.25) is 0 Å². The van der Waals surface area contributed by atoms with Crippen molar-refractivity contribution in [3.8, 4) is 6.07 Å². The molecule has 0 aliphatic rings. The summed E-state index contributed by atoms with van der Waals surface area (Å²) in [5.74, 6) is 0. The van der Waals surface area contributed by atoms with Crippen molar-refractivity contribution in [1.29, 1.82) is 10.7 Å². The predicted molar refractivity (Wildman–Crippen MR) is 130 cm³/mol. The molecule has 3 aromatic rings. The molecule has 1 N–H and O–H groups in total. The molecule has 8 nitrogen and oxygen atoms in total. The van der Waals surface area contributed by atoms with Crippen LogP contribution in [0.5, 0.6) is 0 Å². The van der Waals surface area contributed by atoms with Crippen molar-refractivity contribution in [2.24, 2.45) is 0 Å². The molecule has 0 aliphatic carbocycles. The lowest BCUT2D eigenvalue weighted by Gasteiger charge is -2.11. The second-order valence-corrected chi connectivity index (χ2v) is 8.44. The van der Waals surface area contributed by atoms with E-state index >= 15 is 0 Å². The van der Waals surface area contributed by atoms with Gasteiger partial charge in [-0.1, -0.05) is 45.6 Å². The number of nitrogens with one attached hydrogen (secondary N) is 1. The molecular formula is C25H28N4O4. The van der Waals surface area contributed by atoms with Crippen LogP contribution in [0, 0.1) is 16.7 Å². The Morgan fingerprint density at radius 1 is 0.909 bits per heavy atom. The summed E-state index contributed by atoms with van der Waals surface area (Å²) in [5, 5.41) is 17.2. The maximum atomic E-state index is 13.4. The number of nitrogens with zero attached hydrogens (tertiary/aromatic N) is 3. The SMILES string of the molecule is C=C[C@H](CCCC)n1c(=O)c2c(C#N)c3c(=O)n([C@H](C)CCCC)c(=O)c3c(C=N)c2c1=O. The highest BCUT2D eigenvalue weighted by Gasteiger charge is 2.30. The van der Waals surface area contributed by atoms with Gasteiger partial charge in [-0.3, -0.25) is 28.3 Å². The second kappa shape index (κ2) is 9.49. The number of hydrogen-bond donors (Lipinski definition) is 1. The van der Waals surface area contributed by atoms with E-state index in [1.165, 1.54) is 6.08 Å². The van der Waals surface area contributed by atoms with E-state index in [0.29, 0.717) is 12.8 Å². The van der Waals surface area contributed by atoms with Gasteiger partial charge in [0.15, 0.2) is 0 Å². The highest BCUT2D eigenvalue weighted by atomic mass is 16.2. The molecule has 0 amide bonds. The fourth-order valence-corrected chi connectivity index (χ4v) is 4.66. The first-order chi connectivity index (χ1) is 15.8. The van der Waals surface area contributed by atoms with Crippen LogP contribution >= 0.6 is 0 Å². The van der Waals surface area contributed by atoms with E-state index in [0.717, 1.165) is 41.0 Å². The van der Waals surface area contributed by atoms with Gasteiger partial charge in [-0.05, 0) is 19.8 Å². The van der Waals surface area contributed by atoms with E-state index in [1.807, 2.05) is 19.9 Å². The Morgan fingerprint density at radius 3 is 1.88 bits per heavy atom. The van der Waals surface area contributed by atoms with Gasteiger partial charge in [0.05, 0.1) is 33.2 Å². The summed E-state index contributed by atoms with van der Waals surface area (Å²) in [7, 11) is 0. The van der Waals surface area contributed by atoms with Crippen LogP contribution in [0.15, 0.2) is 31.8 Å². The van der Waals surface area contributed by atoms with Crippen LogP contribution in [0.1, 0.15) is 82.5 Å². The van der Waals surface area contributed by atoms with Crippen LogP contribution < -0.4 is 22.2 Å². The highest BCUT2D eigenvalue weighted by molar-refractivity contribution is 6.15. The molecule has 0 spiro atoms. The van der Waals surface area contributed by atoms with Crippen molar-refractivity contribution in [2.45, 2.75) is 71.4 Å². The molecule has 1 aromatic carbocycles. The third-order valence-corrected chi connectivity index (χ3v) is 6.40. The smallest absolute Gasteiger partial charge is 0.263 e.